The van der Waals surface area contributed by atoms with E-state index in [1.165, 1.54) is 4.88 Å². The summed E-state index contributed by atoms with van der Waals surface area (Å²) in [4.78, 5) is 31.4. The molecule has 1 fully saturated rings. The maximum atomic E-state index is 13.5. The summed E-state index contributed by atoms with van der Waals surface area (Å²) >= 11 is 14.3. The first kappa shape index (κ1) is 32.8. The van der Waals surface area contributed by atoms with Crippen LogP contribution in [0.1, 0.15) is 49.0 Å². The van der Waals surface area contributed by atoms with Crippen molar-refractivity contribution in [2.24, 2.45) is 0 Å². The van der Waals surface area contributed by atoms with Crippen LogP contribution in [-0.4, -0.2) is 75.7 Å². The molecule has 1 aliphatic rings. The minimum atomic E-state index is -0.125. The molecule has 8 nitrogen and oxygen atoms in total. The Morgan fingerprint density at radius 1 is 1.20 bits per heavy atom. The van der Waals surface area contributed by atoms with Gasteiger partial charge >= 0.3 is 0 Å². The smallest absolute Gasteiger partial charge is 0.271 e. The van der Waals surface area contributed by atoms with Gasteiger partial charge in [0.2, 0.25) is 0 Å². The minimum Gasteiger partial charge on any atom is -0.400 e. The van der Waals surface area contributed by atoms with Crippen LogP contribution in [0.2, 0.25) is 10.0 Å². The molecular weight excluding hydrogens is 583 g/mol. The van der Waals surface area contributed by atoms with Gasteiger partial charge in [-0.3, -0.25) is 4.79 Å². The number of halogens is 2. The molecule has 1 saturated heterocycles. The molecule has 0 aliphatic carbocycles. The number of carbonyl (C=O) groups excluding carboxylic acids is 2. The maximum Gasteiger partial charge on any atom is 0.271 e. The third kappa shape index (κ3) is 7.99. The van der Waals surface area contributed by atoms with E-state index in [9.17, 15) is 9.59 Å². The summed E-state index contributed by atoms with van der Waals surface area (Å²) in [6, 6.07) is 11.9. The number of nitrogens with zero attached hydrogens (tertiary/aromatic N) is 4. The minimum absolute atomic E-state index is 0.0649. The predicted molar refractivity (Wildman–Crippen MR) is 167 cm³/mol. The topological polar surface area (TPSA) is 91.8 Å². The second kappa shape index (κ2) is 15.5. The van der Waals surface area contributed by atoms with E-state index in [1.807, 2.05) is 35.8 Å². The van der Waals surface area contributed by atoms with Crippen molar-refractivity contribution >= 4 is 57.6 Å². The lowest BCUT2D eigenvalue weighted by atomic mass is 10.0. The quantitative estimate of drug-likeness (QED) is 0.228. The molecule has 222 valence electrons. The van der Waals surface area contributed by atoms with Crippen molar-refractivity contribution in [3.63, 3.8) is 0 Å². The van der Waals surface area contributed by atoms with Crippen LogP contribution in [0.15, 0.2) is 47.1 Å². The lowest BCUT2D eigenvalue weighted by Crippen LogP contribution is -2.49. The number of piperidine rings is 1. The molecule has 0 bridgehead atoms. The zero-order chi connectivity index (χ0) is 30.1. The number of aliphatic hydroxyl groups is 1. The fourth-order valence-electron chi connectivity index (χ4n) is 5.08. The number of rotatable bonds is 7. The molecule has 1 aromatic carbocycles. The Morgan fingerprint density at radius 3 is 2.44 bits per heavy atom. The first-order valence-electron chi connectivity index (χ1n) is 13.6. The molecule has 4 heterocycles. The van der Waals surface area contributed by atoms with Crippen molar-refractivity contribution < 1.29 is 19.2 Å². The van der Waals surface area contributed by atoms with Gasteiger partial charge in [0, 0.05) is 60.2 Å². The first-order chi connectivity index (χ1) is 19.7. The van der Waals surface area contributed by atoms with Gasteiger partial charge < -0.3 is 28.8 Å². The second-order valence-electron chi connectivity index (χ2n) is 9.87. The van der Waals surface area contributed by atoms with Crippen LogP contribution in [0.4, 0.5) is 0 Å². The molecule has 0 saturated carbocycles. The summed E-state index contributed by atoms with van der Waals surface area (Å²) in [5, 5.41) is 12.5. The third-order valence-electron chi connectivity index (χ3n) is 7.07. The number of fused-ring (bicyclic) bond motifs is 1. The number of hydrogen-bond acceptors (Lipinski definition) is 7. The molecule has 1 amide bonds. The monoisotopic (exact) mass is 620 g/mol. The molecule has 0 spiro atoms. The van der Waals surface area contributed by atoms with Crippen LogP contribution in [-0.2, 0) is 11.3 Å². The van der Waals surface area contributed by atoms with Crippen molar-refractivity contribution in [2.75, 3.05) is 26.7 Å². The summed E-state index contributed by atoms with van der Waals surface area (Å²) in [7, 11) is 1.00. The molecule has 5 rings (SSSR count). The molecular formula is C30H38Cl2N4O4S. The lowest BCUT2D eigenvalue weighted by Gasteiger charge is -2.39. The molecule has 1 N–H and O–H groups in total. The highest BCUT2D eigenvalue weighted by Crippen LogP contribution is 2.32. The number of aliphatic hydroxyl groups excluding tert-OH is 1. The van der Waals surface area contributed by atoms with E-state index in [2.05, 4.69) is 36.9 Å². The van der Waals surface area contributed by atoms with Gasteiger partial charge in [-0.15, -0.1) is 11.3 Å². The normalized spacial score (nSPS) is 13.9. The number of aromatic nitrogens is 2. The fourth-order valence-corrected chi connectivity index (χ4v) is 6.52. The van der Waals surface area contributed by atoms with Gasteiger partial charge in [0.05, 0.1) is 28.2 Å². The summed E-state index contributed by atoms with van der Waals surface area (Å²) in [6.45, 7) is 11.0. The number of aryl methyl sites for hydroxylation is 2. The average molecular weight is 622 g/mol. The average Bonchev–Trinajstić information content (AvgIpc) is 3.73. The summed E-state index contributed by atoms with van der Waals surface area (Å²) < 4.78 is 6.91. The van der Waals surface area contributed by atoms with E-state index in [1.54, 1.807) is 28.5 Å². The number of hydrogen-bond donors (Lipinski definition) is 1. The highest BCUT2D eigenvalue weighted by Gasteiger charge is 2.31. The molecule has 1 aliphatic heterocycles. The Balaban J connectivity index is 0.000000294. The van der Waals surface area contributed by atoms with E-state index >= 15 is 0 Å². The Kier molecular flexibility index (Phi) is 12.4. The van der Waals surface area contributed by atoms with Gasteiger partial charge in [-0.25, -0.2) is 0 Å². The Hall–Kier alpha value is -2.69. The third-order valence-corrected chi connectivity index (χ3v) is 8.59. The van der Waals surface area contributed by atoms with Crippen molar-refractivity contribution in [1.29, 1.82) is 0 Å². The Labute approximate surface area is 255 Å². The number of aldehydes is 1. The van der Waals surface area contributed by atoms with Crippen LogP contribution < -0.4 is 0 Å². The molecule has 0 atom stereocenters. The summed E-state index contributed by atoms with van der Waals surface area (Å²) in [6.07, 6.45) is 4.22. The predicted octanol–water partition coefficient (Wildman–Crippen LogP) is 6.80. The van der Waals surface area contributed by atoms with E-state index in [0.29, 0.717) is 28.3 Å². The standard InChI is InChI=1S/C21H27Cl2N3O2.C8H7NOS.CH4O/c1-4-25-19(12-15-11-16(22)13-18(23)20(15)25)21(28)26(9-10-27)17-5-7-24(8-6-17)14(2)3;1-6-2-3-8(11-6)7-4-5-9-10-7;1-2/h10-14,17H,4-9H2,1-3H3;2-5H,1H3;2H,1H3. The van der Waals surface area contributed by atoms with Crippen LogP contribution in [0.3, 0.4) is 0 Å². The molecule has 4 aromatic rings. The first-order valence-corrected chi connectivity index (χ1v) is 15.2. The van der Waals surface area contributed by atoms with Gasteiger partial charge in [-0.1, -0.05) is 28.4 Å². The second-order valence-corrected chi connectivity index (χ2v) is 12.0. The van der Waals surface area contributed by atoms with E-state index in [4.69, 9.17) is 32.8 Å². The van der Waals surface area contributed by atoms with Crippen LogP contribution in [0.25, 0.3) is 21.5 Å². The van der Waals surface area contributed by atoms with Crippen LogP contribution in [0.5, 0.6) is 0 Å². The van der Waals surface area contributed by atoms with E-state index in [-0.39, 0.29) is 18.5 Å². The number of carbonyl (C=O) groups is 2. The van der Waals surface area contributed by atoms with Gasteiger partial charge in [0.25, 0.3) is 5.91 Å². The van der Waals surface area contributed by atoms with E-state index < -0.39 is 0 Å². The van der Waals surface area contributed by atoms with E-state index in [0.717, 1.165) is 60.9 Å². The van der Waals surface area contributed by atoms with Crippen LogP contribution in [0, 0.1) is 6.92 Å². The molecule has 41 heavy (non-hydrogen) atoms. The van der Waals surface area contributed by atoms with Crippen molar-refractivity contribution in [2.45, 2.75) is 59.2 Å². The molecule has 3 aromatic heterocycles. The highest BCUT2D eigenvalue weighted by molar-refractivity contribution is 7.15. The van der Waals surface area contributed by atoms with Gasteiger partial charge in [-0.2, -0.15) is 0 Å². The number of thiophene rings is 1. The number of amides is 1. The fraction of sp³-hybridized carbons (Fsp3) is 0.433. The maximum absolute atomic E-state index is 13.5. The molecule has 0 unspecified atom stereocenters. The largest absolute Gasteiger partial charge is 0.400 e. The molecule has 11 heteroatoms. The Bertz CT molecular complexity index is 1410. The van der Waals surface area contributed by atoms with Gasteiger partial charge in [0.1, 0.15) is 12.0 Å². The van der Waals surface area contributed by atoms with Crippen LogP contribution >= 0.6 is 34.5 Å². The number of likely N-dealkylation sites (tertiary alicyclic amines) is 1. The Morgan fingerprint density at radius 2 is 1.90 bits per heavy atom. The zero-order valence-electron chi connectivity index (χ0n) is 24.1. The van der Waals surface area contributed by atoms with Crippen molar-refractivity contribution in [3.8, 4) is 10.6 Å². The molecule has 0 radical (unpaired) electrons. The SMILES string of the molecule is CCn1c(C(=O)N(CC=O)C2CCN(C(C)C)CC2)cc2cc(Cl)cc(Cl)c21.CO.Cc1ccc(-c2ccno2)s1. The lowest BCUT2D eigenvalue weighted by molar-refractivity contribution is -0.109. The zero-order valence-corrected chi connectivity index (χ0v) is 26.5. The summed E-state index contributed by atoms with van der Waals surface area (Å²) in [5.41, 5.74) is 1.35. The highest BCUT2D eigenvalue weighted by atomic mass is 35.5. The van der Waals surface area contributed by atoms with Gasteiger partial charge in [-0.05, 0) is 70.9 Å². The number of benzene rings is 1. The summed E-state index contributed by atoms with van der Waals surface area (Å²) in [5.74, 6) is 0.725. The van der Waals surface area contributed by atoms with Crippen molar-refractivity contribution in [3.05, 3.63) is 63.2 Å². The van der Waals surface area contributed by atoms with Crippen molar-refractivity contribution in [1.82, 2.24) is 19.5 Å². The van der Waals surface area contributed by atoms with Gasteiger partial charge in [0.15, 0.2) is 5.76 Å².